The van der Waals surface area contributed by atoms with Gasteiger partial charge in [0.1, 0.15) is 17.3 Å². The zero-order valence-corrected chi connectivity index (χ0v) is 14.3. The highest BCUT2D eigenvalue weighted by Gasteiger charge is 2.14. The first-order valence-electron chi connectivity index (χ1n) is 7.51. The van der Waals surface area contributed by atoms with E-state index in [0.717, 1.165) is 22.6 Å². The molecule has 6 heteroatoms. The summed E-state index contributed by atoms with van der Waals surface area (Å²) in [5.74, 6) is 3.17. The Morgan fingerprint density at radius 2 is 1.75 bits per heavy atom. The van der Waals surface area contributed by atoms with Gasteiger partial charge in [-0.05, 0) is 29.8 Å². The fraction of sp³-hybridized carbons (Fsp3) is 0.222. The van der Waals surface area contributed by atoms with Crippen molar-refractivity contribution in [3.8, 4) is 22.9 Å². The molecule has 3 rings (SSSR count). The van der Waals surface area contributed by atoms with Crippen LogP contribution in [0.5, 0.6) is 11.5 Å². The van der Waals surface area contributed by atoms with Crippen LogP contribution in [0.1, 0.15) is 11.4 Å². The lowest BCUT2D eigenvalue weighted by atomic mass is 10.2. The SMILES string of the molecule is COc1ccc(Cn2nc(-c3ccccc3OC)nc2CCl)cc1. The maximum Gasteiger partial charge on any atom is 0.185 e. The van der Waals surface area contributed by atoms with Crippen LogP contribution >= 0.6 is 11.6 Å². The highest BCUT2D eigenvalue weighted by atomic mass is 35.5. The van der Waals surface area contributed by atoms with Gasteiger partial charge in [0.05, 0.1) is 32.2 Å². The number of rotatable bonds is 6. The standard InChI is InChI=1S/C18H18ClN3O2/c1-23-14-9-7-13(8-10-14)12-22-17(11-19)20-18(21-22)15-5-3-4-6-16(15)24-2/h3-10H,11-12H2,1-2H3. The monoisotopic (exact) mass is 343 g/mol. The van der Waals surface area contributed by atoms with Crippen molar-refractivity contribution in [1.29, 1.82) is 0 Å². The van der Waals surface area contributed by atoms with Crippen LogP contribution < -0.4 is 9.47 Å². The van der Waals surface area contributed by atoms with Gasteiger partial charge in [-0.25, -0.2) is 9.67 Å². The van der Waals surface area contributed by atoms with Crippen molar-refractivity contribution in [1.82, 2.24) is 14.8 Å². The second-order valence-electron chi connectivity index (χ2n) is 5.19. The second kappa shape index (κ2) is 7.36. The first kappa shape index (κ1) is 16.3. The number of hydrogen-bond donors (Lipinski definition) is 0. The lowest BCUT2D eigenvalue weighted by Crippen LogP contribution is -2.05. The molecule has 0 N–H and O–H groups in total. The van der Waals surface area contributed by atoms with Gasteiger partial charge in [-0.3, -0.25) is 0 Å². The molecule has 0 amide bonds. The molecular weight excluding hydrogens is 326 g/mol. The molecule has 0 unspecified atom stereocenters. The quantitative estimate of drug-likeness (QED) is 0.640. The zero-order valence-electron chi connectivity index (χ0n) is 13.6. The van der Waals surface area contributed by atoms with E-state index in [0.29, 0.717) is 18.2 Å². The van der Waals surface area contributed by atoms with Crippen LogP contribution in [0.15, 0.2) is 48.5 Å². The lowest BCUT2D eigenvalue weighted by molar-refractivity contribution is 0.414. The van der Waals surface area contributed by atoms with E-state index >= 15 is 0 Å². The maximum atomic E-state index is 6.05. The fourth-order valence-electron chi connectivity index (χ4n) is 2.45. The lowest BCUT2D eigenvalue weighted by Gasteiger charge is -2.06. The molecular formula is C18H18ClN3O2. The predicted molar refractivity (Wildman–Crippen MR) is 93.7 cm³/mol. The van der Waals surface area contributed by atoms with Crippen molar-refractivity contribution in [3.63, 3.8) is 0 Å². The molecule has 2 aromatic carbocycles. The summed E-state index contributed by atoms with van der Waals surface area (Å²) in [4.78, 5) is 4.55. The Labute approximate surface area is 145 Å². The number of halogens is 1. The predicted octanol–water partition coefficient (Wildman–Crippen LogP) is 3.75. The van der Waals surface area contributed by atoms with Gasteiger partial charge >= 0.3 is 0 Å². The summed E-state index contributed by atoms with van der Waals surface area (Å²) in [5.41, 5.74) is 1.94. The van der Waals surface area contributed by atoms with Gasteiger partial charge in [-0.2, -0.15) is 5.10 Å². The Hall–Kier alpha value is -2.53. The fourth-order valence-corrected chi connectivity index (χ4v) is 2.64. The van der Waals surface area contributed by atoms with Crippen molar-refractivity contribution in [2.24, 2.45) is 0 Å². The molecule has 3 aromatic rings. The van der Waals surface area contributed by atoms with E-state index in [-0.39, 0.29) is 5.88 Å². The Balaban J connectivity index is 1.92. The summed E-state index contributed by atoms with van der Waals surface area (Å²) in [5, 5.41) is 4.61. The topological polar surface area (TPSA) is 49.2 Å². The Bertz CT molecular complexity index is 815. The molecule has 0 fully saturated rings. The number of benzene rings is 2. The van der Waals surface area contributed by atoms with Crippen LogP contribution in [0, 0.1) is 0 Å². The van der Waals surface area contributed by atoms with Crippen molar-refractivity contribution < 1.29 is 9.47 Å². The molecule has 0 saturated heterocycles. The molecule has 1 heterocycles. The van der Waals surface area contributed by atoms with E-state index in [4.69, 9.17) is 21.1 Å². The molecule has 24 heavy (non-hydrogen) atoms. The summed E-state index contributed by atoms with van der Waals surface area (Å²) >= 11 is 6.05. The molecule has 0 aliphatic carbocycles. The average Bonchev–Trinajstić information content (AvgIpc) is 3.05. The van der Waals surface area contributed by atoms with Crippen molar-refractivity contribution in [3.05, 3.63) is 59.9 Å². The Kier molecular flexibility index (Phi) is 5.01. The van der Waals surface area contributed by atoms with Crippen molar-refractivity contribution in [2.75, 3.05) is 14.2 Å². The van der Waals surface area contributed by atoms with E-state index < -0.39 is 0 Å². The molecule has 0 saturated carbocycles. The third-order valence-electron chi connectivity index (χ3n) is 3.71. The molecule has 1 aromatic heterocycles. The number of alkyl halides is 1. The van der Waals surface area contributed by atoms with Crippen molar-refractivity contribution >= 4 is 11.6 Å². The minimum atomic E-state index is 0.290. The van der Waals surface area contributed by atoms with E-state index in [1.165, 1.54) is 0 Å². The molecule has 0 spiro atoms. The summed E-state index contributed by atoms with van der Waals surface area (Å²) in [6, 6.07) is 15.5. The van der Waals surface area contributed by atoms with E-state index in [2.05, 4.69) is 10.1 Å². The molecule has 0 bridgehead atoms. The number of methoxy groups -OCH3 is 2. The Morgan fingerprint density at radius 1 is 1.00 bits per heavy atom. The van der Waals surface area contributed by atoms with Crippen LogP contribution in [0.2, 0.25) is 0 Å². The van der Waals surface area contributed by atoms with Gasteiger partial charge < -0.3 is 9.47 Å². The van der Waals surface area contributed by atoms with Crippen LogP contribution in [0.3, 0.4) is 0 Å². The smallest absolute Gasteiger partial charge is 0.185 e. The highest BCUT2D eigenvalue weighted by Crippen LogP contribution is 2.27. The van der Waals surface area contributed by atoms with Gasteiger partial charge in [0, 0.05) is 0 Å². The normalized spacial score (nSPS) is 10.6. The largest absolute Gasteiger partial charge is 0.497 e. The van der Waals surface area contributed by atoms with E-state index in [9.17, 15) is 0 Å². The van der Waals surface area contributed by atoms with Gasteiger partial charge in [-0.15, -0.1) is 11.6 Å². The molecule has 0 radical (unpaired) electrons. The number of hydrogen-bond acceptors (Lipinski definition) is 4. The number of aromatic nitrogens is 3. The zero-order chi connectivity index (χ0) is 16.9. The van der Waals surface area contributed by atoms with Gasteiger partial charge in [0.15, 0.2) is 5.82 Å². The molecule has 0 aliphatic heterocycles. The van der Waals surface area contributed by atoms with Crippen LogP contribution in [0.4, 0.5) is 0 Å². The third kappa shape index (κ3) is 3.36. The minimum Gasteiger partial charge on any atom is -0.497 e. The molecule has 0 atom stereocenters. The van der Waals surface area contributed by atoms with E-state index in [1.54, 1.807) is 14.2 Å². The van der Waals surface area contributed by atoms with E-state index in [1.807, 2.05) is 53.2 Å². The summed E-state index contributed by atoms with van der Waals surface area (Å²) in [7, 11) is 3.28. The molecule has 5 nitrogen and oxygen atoms in total. The van der Waals surface area contributed by atoms with Gasteiger partial charge in [0.2, 0.25) is 0 Å². The summed E-state index contributed by atoms with van der Waals surface area (Å²) in [6.07, 6.45) is 0. The number of nitrogens with zero attached hydrogens (tertiary/aromatic N) is 3. The number of ether oxygens (including phenoxy) is 2. The minimum absolute atomic E-state index is 0.290. The average molecular weight is 344 g/mol. The van der Waals surface area contributed by atoms with Gasteiger partial charge in [0.25, 0.3) is 0 Å². The second-order valence-corrected chi connectivity index (χ2v) is 5.46. The van der Waals surface area contributed by atoms with Gasteiger partial charge in [-0.1, -0.05) is 24.3 Å². The maximum absolute atomic E-state index is 6.05. The summed E-state index contributed by atoms with van der Waals surface area (Å²) < 4.78 is 12.4. The van der Waals surface area contributed by atoms with Crippen LogP contribution in [-0.2, 0) is 12.4 Å². The number of para-hydroxylation sites is 1. The molecule has 0 aliphatic rings. The van der Waals surface area contributed by atoms with Crippen LogP contribution in [0.25, 0.3) is 11.4 Å². The van der Waals surface area contributed by atoms with Crippen LogP contribution in [-0.4, -0.2) is 29.0 Å². The van der Waals surface area contributed by atoms with Crippen molar-refractivity contribution in [2.45, 2.75) is 12.4 Å². The summed E-state index contributed by atoms with van der Waals surface area (Å²) in [6.45, 7) is 0.591. The highest BCUT2D eigenvalue weighted by molar-refractivity contribution is 6.16. The first-order chi connectivity index (χ1) is 11.7. The molecule has 124 valence electrons. The first-order valence-corrected chi connectivity index (χ1v) is 8.04. The Morgan fingerprint density at radius 3 is 2.42 bits per heavy atom. The third-order valence-corrected chi connectivity index (χ3v) is 3.95.